The Labute approximate surface area is 129 Å². The first-order valence-corrected chi connectivity index (χ1v) is 8.44. The highest BCUT2D eigenvalue weighted by atomic mass is 32.2. The summed E-state index contributed by atoms with van der Waals surface area (Å²) in [5, 5.41) is 12.8. The van der Waals surface area contributed by atoms with Crippen LogP contribution in [0.3, 0.4) is 0 Å². The van der Waals surface area contributed by atoms with Crippen LogP contribution in [0, 0.1) is 11.3 Å². The maximum atomic E-state index is 12.5. The smallest absolute Gasteiger partial charge is 0.241 e. The fraction of sp³-hybridized carbons (Fsp3) is 0.500. The molecule has 0 spiro atoms. The minimum absolute atomic E-state index is 0.0992. The molecule has 0 bridgehead atoms. The average Bonchev–Trinajstić information content (AvgIpc) is 3.16. The van der Waals surface area contributed by atoms with Gasteiger partial charge in [0.05, 0.1) is 17.5 Å². The third-order valence-electron chi connectivity index (χ3n) is 4.10. The lowest BCUT2D eigenvalue weighted by atomic mass is 10.1. The zero-order valence-electron chi connectivity index (χ0n) is 11.9. The summed E-state index contributed by atoms with van der Waals surface area (Å²) in [6.07, 6.45) is 2.68. The molecule has 21 heavy (non-hydrogen) atoms. The van der Waals surface area contributed by atoms with Gasteiger partial charge in [0.2, 0.25) is 5.91 Å². The molecule has 1 aromatic rings. The Kier molecular flexibility index (Phi) is 4.47. The van der Waals surface area contributed by atoms with E-state index in [-0.39, 0.29) is 23.4 Å². The molecule has 0 aromatic heterocycles. The van der Waals surface area contributed by atoms with Crippen molar-refractivity contribution in [1.82, 2.24) is 10.2 Å². The van der Waals surface area contributed by atoms with Crippen LogP contribution in [0.1, 0.15) is 18.4 Å². The molecule has 1 aromatic carbocycles. The van der Waals surface area contributed by atoms with Crippen molar-refractivity contribution in [1.29, 1.82) is 5.26 Å². The number of nitrogens with one attached hydrogen (secondary N) is 1. The summed E-state index contributed by atoms with van der Waals surface area (Å²) in [7, 11) is 0. The highest BCUT2D eigenvalue weighted by Gasteiger charge is 2.37. The third kappa shape index (κ3) is 3.22. The molecule has 1 amide bonds. The van der Waals surface area contributed by atoms with E-state index in [1.165, 1.54) is 5.56 Å². The van der Waals surface area contributed by atoms with Crippen LogP contribution in [0.25, 0.3) is 0 Å². The van der Waals surface area contributed by atoms with Crippen LogP contribution in [-0.4, -0.2) is 40.6 Å². The van der Waals surface area contributed by atoms with Crippen molar-refractivity contribution in [3.63, 3.8) is 0 Å². The van der Waals surface area contributed by atoms with Crippen molar-refractivity contribution < 1.29 is 4.79 Å². The molecule has 110 valence electrons. The number of likely N-dealkylation sites (tertiary alicyclic amines) is 1. The second kappa shape index (κ2) is 6.50. The zero-order chi connectivity index (χ0) is 14.7. The number of benzene rings is 1. The fourth-order valence-corrected chi connectivity index (χ4v) is 4.22. The summed E-state index contributed by atoms with van der Waals surface area (Å²) in [5.41, 5.74) is 1.28. The first-order chi connectivity index (χ1) is 10.3. The van der Waals surface area contributed by atoms with Gasteiger partial charge in [-0.05, 0) is 24.8 Å². The summed E-state index contributed by atoms with van der Waals surface area (Å²) in [6.45, 7) is 0.725. The van der Waals surface area contributed by atoms with Crippen LogP contribution in [0.15, 0.2) is 30.3 Å². The number of rotatable bonds is 3. The van der Waals surface area contributed by atoms with Gasteiger partial charge in [0, 0.05) is 12.3 Å². The lowest BCUT2D eigenvalue weighted by Gasteiger charge is -2.23. The molecule has 2 saturated heterocycles. The van der Waals surface area contributed by atoms with E-state index in [2.05, 4.69) is 23.5 Å². The Morgan fingerprint density at radius 1 is 1.43 bits per heavy atom. The van der Waals surface area contributed by atoms with Gasteiger partial charge in [0.25, 0.3) is 0 Å². The van der Waals surface area contributed by atoms with E-state index in [1.807, 2.05) is 18.2 Å². The van der Waals surface area contributed by atoms with Gasteiger partial charge in [-0.15, -0.1) is 11.8 Å². The number of hydrogen-bond acceptors (Lipinski definition) is 4. The molecule has 3 rings (SSSR count). The van der Waals surface area contributed by atoms with Crippen molar-refractivity contribution in [3.8, 4) is 6.07 Å². The van der Waals surface area contributed by atoms with Crippen LogP contribution >= 0.6 is 11.8 Å². The third-order valence-corrected chi connectivity index (χ3v) is 5.33. The standard InChI is InChI=1S/C16H19N3OS/c17-10-13-7-4-8-19(13)16(20)14-11-21-15(18-14)9-12-5-2-1-3-6-12/h1-3,5-6,13-15,18H,4,7-9,11H2/t13-,14-,15?/m0/s1. The van der Waals surface area contributed by atoms with Crippen molar-refractivity contribution in [2.45, 2.75) is 36.7 Å². The number of thioether (sulfide) groups is 1. The Morgan fingerprint density at radius 3 is 3.00 bits per heavy atom. The summed E-state index contributed by atoms with van der Waals surface area (Å²) >= 11 is 1.80. The Hall–Kier alpha value is -1.51. The Bertz CT molecular complexity index is 542. The van der Waals surface area contributed by atoms with Crippen LogP contribution in [0.4, 0.5) is 0 Å². The molecule has 4 nitrogen and oxygen atoms in total. The first-order valence-electron chi connectivity index (χ1n) is 7.39. The maximum Gasteiger partial charge on any atom is 0.241 e. The number of amides is 1. The van der Waals surface area contributed by atoms with Crippen molar-refractivity contribution >= 4 is 17.7 Å². The molecule has 0 radical (unpaired) electrons. The highest BCUT2D eigenvalue weighted by Crippen LogP contribution is 2.25. The fourth-order valence-electron chi connectivity index (χ4n) is 2.99. The quantitative estimate of drug-likeness (QED) is 0.924. The molecule has 2 aliphatic rings. The number of carbonyl (C=O) groups excluding carboxylic acids is 1. The summed E-state index contributed by atoms with van der Waals surface area (Å²) in [4.78, 5) is 14.3. The molecule has 2 heterocycles. The molecule has 1 N–H and O–H groups in total. The van der Waals surface area contributed by atoms with E-state index in [9.17, 15) is 4.79 Å². The maximum absolute atomic E-state index is 12.5. The monoisotopic (exact) mass is 301 g/mol. The molecule has 3 atom stereocenters. The lowest BCUT2D eigenvalue weighted by Crippen LogP contribution is -2.48. The van der Waals surface area contributed by atoms with E-state index < -0.39 is 0 Å². The molecule has 5 heteroatoms. The van der Waals surface area contributed by atoms with Gasteiger partial charge in [-0.2, -0.15) is 5.26 Å². The Morgan fingerprint density at radius 2 is 2.24 bits per heavy atom. The summed E-state index contributed by atoms with van der Waals surface area (Å²) in [6, 6.07) is 12.2. The molecule has 2 fully saturated rings. The molecule has 1 unspecified atom stereocenters. The second-order valence-corrected chi connectivity index (χ2v) is 6.79. The van der Waals surface area contributed by atoms with Gasteiger partial charge in [-0.1, -0.05) is 30.3 Å². The number of nitrogens with zero attached hydrogens (tertiary/aromatic N) is 2. The average molecular weight is 301 g/mol. The minimum Gasteiger partial charge on any atom is -0.325 e. The zero-order valence-corrected chi connectivity index (χ0v) is 12.7. The van der Waals surface area contributed by atoms with E-state index >= 15 is 0 Å². The lowest BCUT2D eigenvalue weighted by molar-refractivity contribution is -0.132. The number of hydrogen-bond donors (Lipinski definition) is 1. The van der Waals surface area contributed by atoms with Crippen LogP contribution in [-0.2, 0) is 11.2 Å². The van der Waals surface area contributed by atoms with Gasteiger partial charge in [-0.3, -0.25) is 10.1 Å². The van der Waals surface area contributed by atoms with Crippen molar-refractivity contribution in [2.24, 2.45) is 0 Å². The van der Waals surface area contributed by atoms with E-state index in [0.29, 0.717) is 0 Å². The highest BCUT2D eigenvalue weighted by molar-refractivity contribution is 8.00. The van der Waals surface area contributed by atoms with Gasteiger partial charge in [-0.25, -0.2) is 0 Å². The predicted octanol–water partition coefficient (Wildman–Crippen LogP) is 1.77. The normalized spacial score (nSPS) is 28.5. The van der Waals surface area contributed by atoms with Crippen LogP contribution < -0.4 is 5.32 Å². The Balaban J connectivity index is 1.57. The number of nitriles is 1. The largest absolute Gasteiger partial charge is 0.325 e. The predicted molar refractivity (Wildman–Crippen MR) is 83.7 cm³/mol. The topological polar surface area (TPSA) is 56.1 Å². The van der Waals surface area contributed by atoms with Gasteiger partial charge in [0.1, 0.15) is 6.04 Å². The van der Waals surface area contributed by atoms with Gasteiger partial charge in [0.15, 0.2) is 0 Å². The minimum atomic E-state index is -0.225. The molecular weight excluding hydrogens is 282 g/mol. The summed E-state index contributed by atoms with van der Waals surface area (Å²) < 4.78 is 0. The van der Waals surface area contributed by atoms with Crippen LogP contribution in [0.5, 0.6) is 0 Å². The molecule has 0 saturated carbocycles. The molecule has 0 aliphatic carbocycles. The first kappa shape index (κ1) is 14.4. The van der Waals surface area contributed by atoms with Crippen molar-refractivity contribution in [2.75, 3.05) is 12.3 Å². The van der Waals surface area contributed by atoms with E-state index in [0.717, 1.165) is 31.6 Å². The summed E-state index contributed by atoms with van der Waals surface area (Å²) in [5.74, 6) is 0.896. The van der Waals surface area contributed by atoms with E-state index in [1.54, 1.807) is 16.7 Å². The van der Waals surface area contributed by atoms with Gasteiger partial charge >= 0.3 is 0 Å². The van der Waals surface area contributed by atoms with Crippen LogP contribution in [0.2, 0.25) is 0 Å². The number of carbonyl (C=O) groups is 1. The second-order valence-electron chi connectivity index (χ2n) is 5.55. The van der Waals surface area contributed by atoms with E-state index in [4.69, 9.17) is 5.26 Å². The SMILES string of the molecule is N#C[C@@H]1CCCN1C(=O)[C@@H]1CSC(Cc2ccccc2)N1. The molecular formula is C16H19N3OS. The van der Waals surface area contributed by atoms with Crippen molar-refractivity contribution in [3.05, 3.63) is 35.9 Å². The van der Waals surface area contributed by atoms with Gasteiger partial charge < -0.3 is 4.90 Å². The molecule has 2 aliphatic heterocycles.